The second-order valence-electron chi connectivity index (χ2n) is 5.56. The normalized spacial score (nSPS) is 13.8. The van der Waals surface area contributed by atoms with Crippen molar-refractivity contribution in [3.63, 3.8) is 0 Å². The Balaban J connectivity index is 2.29. The molecule has 0 fully saturated rings. The molecule has 1 aromatic carbocycles. The third-order valence-electron chi connectivity index (χ3n) is 3.64. The molecule has 2 atom stereocenters. The van der Waals surface area contributed by atoms with E-state index in [1.165, 1.54) is 18.3 Å². The largest absolute Gasteiger partial charge is 0.408 e. The van der Waals surface area contributed by atoms with Crippen LogP contribution in [0.3, 0.4) is 0 Å². The molecule has 2 N–H and O–H groups in total. The van der Waals surface area contributed by atoms with E-state index in [1.807, 2.05) is 5.32 Å². The summed E-state index contributed by atoms with van der Waals surface area (Å²) in [5.74, 6) is 0. The van der Waals surface area contributed by atoms with Crippen LogP contribution < -0.4 is 10.6 Å². The highest BCUT2D eigenvalue weighted by molar-refractivity contribution is 9.10. The summed E-state index contributed by atoms with van der Waals surface area (Å²) in [6, 6.07) is 5.80. The van der Waals surface area contributed by atoms with Gasteiger partial charge in [0.05, 0.1) is 11.7 Å². The average Bonchev–Trinajstić information content (AvgIpc) is 2.60. The van der Waals surface area contributed by atoms with Crippen molar-refractivity contribution >= 4 is 22.0 Å². The van der Waals surface area contributed by atoms with Gasteiger partial charge in [-0.15, -0.1) is 0 Å². The number of halogens is 5. The highest BCUT2D eigenvalue weighted by atomic mass is 79.9. The van der Waals surface area contributed by atoms with Crippen LogP contribution in [0.15, 0.2) is 47.1 Å². The number of benzene rings is 1. The van der Waals surface area contributed by atoms with Crippen molar-refractivity contribution in [3.05, 3.63) is 63.9 Å². The van der Waals surface area contributed by atoms with Crippen molar-refractivity contribution in [2.24, 2.45) is 0 Å². The first-order chi connectivity index (χ1) is 12.2. The van der Waals surface area contributed by atoms with Gasteiger partial charge in [-0.05, 0) is 46.1 Å². The van der Waals surface area contributed by atoms with Gasteiger partial charge in [0.25, 0.3) is 0 Å². The van der Waals surface area contributed by atoms with E-state index in [0.717, 1.165) is 6.92 Å². The Bertz CT molecular complexity index is 752. The summed E-state index contributed by atoms with van der Waals surface area (Å²) in [6.45, 7) is 0.205. The van der Waals surface area contributed by atoms with E-state index in [0.29, 0.717) is 21.3 Å². The molecule has 140 valence electrons. The summed E-state index contributed by atoms with van der Waals surface area (Å²) in [4.78, 5) is 16.3. The number of rotatable bonds is 5. The van der Waals surface area contributed by atoms with E-state index in [-0.39, 0.29) is 0 Å². The van der Waals surface area contributed by atoms with Gasteiger partial charge in [0.1, 0.15) is 12.7 Å². The van der Waals surface area contributed by atoms with Gasteiger partial charge in [0.2, 0.25) is 0 Å². The van der Waals surface area contributed by atoms with Gasteiger partial charge in [0, 0.05) is 10.7 Å². The molecule has 0 aliphatic carbocycles. The SMILES string of the molecule is C[C@H](NC(=O)N[C@@H](c1ccc(CF)cc1)c1ncccc1Br)C(F)(F)F. The lowest BCUT2D eigenvalue weighted by Crippen LogP contribution is -2.48. The van der Waals surface area contributed by atoms with Crippen LogP contribution in [0.2, 0.25) is 0 Å². The Kier molecular flexibility index (Phi) is 6.57. The molecule has 0 aliphatic heterocycles. The molecule has 26 heavy (non-hydrogen) atoms. The maximum absolute atomic E-state index is 12.7. The number of pyridine rings is 1. The second kappa shape index (κ2) is 8.48. The summed E-state index contributed by atoms with van der Waals surface area (Å²) in [5.41, 5.74) is 1.41. The maximum atomic E-state index is 12.7. The van der Waals surface area contributed by atoms with E-state index >= 15 is 0 Å². The Morgan fingerprint density at radius 3 is 2.38 bits per heavy atom. The first-order valence-corrected chi connectivity index (χ1v) is 8.40. The van der Waals surface area contributed by atoms with E-state index < -0.39 is 31.0 Å². The van der Waals surface area contributed by atoms with Crippen molar-refractivity contribution < 1.29 is 22.4 Å². The Labute approximate surface area is 156 Å². The van der Waals surface area contributed by atoms with Crippen molar-refractivity contribution in [1.29, 1.82) is 0 Å². The van der Waals surface area contributed by atoms with Crippen LogP contribution >= 0.6 is 15.9 Å². The molecule has 1 aromatic heterocycles. The van der Waals surface area contributed by atoms with Crippen LogP contribution in [-0.4, -0.2) is 23.2 Å². The predicted molar refractivity (Wildman–Crippen MR) is 92.2 cm³/mol. The van der Waals surface area contributed by atoms with Crippen molar-refractivity contribution in [2.45, 2.75) is 31.9 Å². The van der Waals surface area contributed by atoms with Crippen LogP contribution in [0.5, 0.6) is 0 Å². The molecule has 0 unspecified atom stereocenters. The zero-order valence-electron chi connectivity index (χ0n) is 13.6. The molecule has 0 bridgehead atoms. The van der Waals surface area contributed by atoms with E-state index in [2.05, 4.69) is 26.2 Å². The lowest BCUT2D eigenvalue weighted by molar-refractivity contribution is -0.148. The monoisotopic (exact) mass is 433 g/mol. The molecule has 0 aliphatic rings. The third-order valence-corrected chi connectivity index (χ3v) is 4.31. The second-order valence-corrected chi connectivity index (χ2v) is 6.41. The molecular formula is C17H16BrF4N3O. The standard InChI is InChI=1S/C17H16BrF4N3O/c1-10(17(20,21)22)24-16(26)25-14(15-13(18)3-2-8-23-15)12-6-4-11(9-19)5-7-12/h2-8,10,14H,9H2,1H3,(H2,24,25,26)/t10-,14-/m0/s1. The molecule has 0 saturated carbocycles. The fourth-order valence-electron chi connectivity index (χ4n) is 2.17. The summed E-state index contributed by atoms with van der Waals surface area (Å²) >= 11 is 3.32. The Morgan fingerprint density at radius 1 is 1.19 bits per heavy atom. The van der Waals surface area contributed by atoms with Gasteiger partial charge in [0.15, 0.2) is 0 Å². The molecule has 2 rings (SSSR count). The van der Waals surface area contributed by atoms with Crippen LogP contribution in [0, 0.1) is 0 Å². The minimum atomic E-state index is -4.55. The van der Waals surface area contributed by atoms with Crippen molar-refractivity contribution in [3.8, 4) is 0 Å². The van der Waals surface area contributed by atoms with Gasteiger partial charge in [-0.2, -0.15) is 13.2 Å². The molecule has 0 radical (unpaired) electrons. The highest BCUT2D eigenvalue weighted by Gasteiger charge is 2.37. The van der Waals surface area contributed by atoms with Crippen LogP contribution in [0.1, 0.15) is 29.8 Å². The van der Waals surface area contributed by atoms with Gasteiger partial charge < -0.3 is 10.6 Å². The molecule has 2 amide bonds. The Hall–Kier alpha value is -2.16. The fraction of sp³-hybridized carbons (Fsp3) is 0.294. The summed E-state index contributed by atoms with van der Waals surface area (Å²) in [6.07, 6.45) is -3.05. The lowest BCUT2D eigenvalue weighted by atomic mass is 10.0. The number of amides is 2. The van der Waals surface area contributed by atoms with E-state index in [9.17, 15) is 22.4 Å². The molecule has 2 aromatic rings. The van der Waals surface area contributed by atoms with Crippen LogP contribution in [0.25, 0.3) is 0 Å². The van der Waals surface area contributed by atoms with Gasteiger partial charge >= 0.3 is 12.2 Å². The van der Waals surface area contributed by atoms with E-state index in [1.54, 1.807) is 24.3 Å². The molecule has 1 heterocycles. The van der Waals surface area contributed by atoms with Crippen LogP contribution in [0.4, 0.5) is 22.4 Å². The lowest BCUT2D eigenvalue weighted by Gasteiger charge is -2.23. The number of hydrogen-bond acceptors (Lipinski definition) is 2. The number of carbonyl (C=O) groups excluding carboxylic acids is 1. The summed E-state index contributed by atoms with van der Waals surface area (Å²) < 4.78 is 51.2. The van der Waals surface area contributed by atoms with Crippen molar-refractivity contribution in [1.82, 2.24) is 15.6 Å². The minimum Gasteiger partial charge on any atom is -0.327 e. The maximum Gasteiger partial charge on any atom is 0.408 e. The number of carbonyl (C=O) groups is 1. The predicted octanol–water partition coefficient (Wildman–Crippen LogP) is 4.65. The molecule has 0 saturated heterocycles. The average molecular weight is 434 g/mol. The number of hydrogen-bond donors (Lipinski definition) is 2. The number of aromatic nitrogens is 1. The molecule has 9 heteroatoms. The third kappa shape index (κ3) is 5.17. The smallest absolute Gasteiger partial charge is 0.327 e. The molecule has 0 spiro atoms. The van der Waals surface area contributed by atoms with Gasteiger partial charge in [-0.25, -0.2) is 9.18 Å². The quantitative estimate of drug-likeness (QED) is 0.674. The van der Waals surface area contributed by atoms with Gasteiger partial charge in [-0.1, -0.05) is 24.3 Å². The van der Waals surface area contributed by atoms with Crippen molar-refractivity contribution in [2.75, 3.05) is 0 Å². The molecule has 4 nitrogen and oxygen atoms in total. The zero-order valence-corrected chi connectivity index (χ0v) is 15.2. The summed E-state index contributed by atoms with van der Waals surface area (Å²) in [7, 11) is 0. The topological polar surface area (TPSA) is 54.0 Å². The van der Waals surface area contributed by atoms with E-state index in [4.69, 9.17) is 0 Å². The number of nitrogens with zero attached hydrogens (tertiary/aromatic N) is 1. The number of nitrogens with one attached hydrogen (secondary N) is 2. The fourth-order valence-corrected chi connectivity index (χ4v) is 2.65. The molecular weight excluding hydrogens is 418 g/mol. The van der Waals surface area contributed by atoms with Crippen LogP contribution in [-0.2, 0) is 6.67 Å². The number of alkyl halides is 4. The first kappa shape index (κ1) is 20.2. The summed E-state index contributed by atoms with van der Waals surface area (Å²) in [5, 5.41) is 4.35. The zero-order chi connectivity index (χ0) is 19.3. The first-order valence-electron chi connectivity index (χ1n) is 7.61. The minimum absolute atomic E-state index is 0.412. The Morgan fingerprint density at radius 2 is 1.85 bits per heavy atom. The highest BCUT2D eigenvalue weighted by Crippen LogP contribution is 2.27. The van der Waals surface area contributed by atoms with Gasteiger partial charge in [-0.3, -0.25) is 4.98 Å². The number of urea groups is 1.